The molecular weight excluding hydrogens is 394 g/mol. The minimum Gasteiger partial charge on any atom is -0.497 e. The molecule has 0 bridgehead atoms. The molecular formula is C24H31N3O4. The average Bonchev–Trinajstić information content (AvgIpc) is 3.04. The highest BCUT2D eigenvalue weighted by Crippen LogP contribution is 2.30. The molecule has 7 nitrogen and oxygen atoms in total. The van der Waals surface area contributed by atoms with E-state index in [9.17, 15) is 4.79 Å². The first kappa shape index (κ1) is 22.6. The Morgan fingerprint density at radius 2 is 1.90 bits per heavy atom. The number of carbonyl (C=O) groups is 1. The van der Waals surface area contributed by atoms with Crippen molar-refractivity contribution in [2.45, 2.75) is 52.5 Å². The molecule has 1 N–H and O–H groups in total. The third kappa shape index (κ3) is 5.35. The van der Waals surface area contributed by atoms with Gasteiger partial charge in [0.1, 0.15) is 5.75 Å². The van der Waals surface area contributed by atoms with E-state index >= 15 is 0 Å². The molecule has 0 saturated heterocycles. The molecule has 1 amide bonds. The maximum absolute atomic E-state index is 12.6. The highest BCUT2D eigenvalue weighted by atomic mass is 16.5. The molecule has 0 aliphatic heterocycles. The van der Waals surface area contributed by atoms with E-state index in [0.717, 1.165) is 27.8 Å². The Morgan fingerprint density at radius 3 is 2.58 bits per heavy atom. The number of benzene rings is 2. The number of nitrogens with zero attached hydrogens (tertiary/aromatic N) is 2. The van der Waals surface area contributed by atoms with Crippen LogP contribution >= 0.6 is 0 Å². The van der Waals surface area contributed by atoms with Crippen LogP contribution in [0.4, 0.5) is 0 Å². The van der Waals surface area contributed by atoms with Crippen LogP contribution in [0.25, 0.3) is 10.9 Å². The summed E-state index contributed by atoms with van der Waals surface area (Å²) in [6, 6.07) is 13.9. The molecule has 1 aromatic heterocycles. The third-order valence-electron chi connectivity index (χ3n) is 4.88. The molecule has 1 heterocycles. The molecule has 3 aromatic rings. The van der Waals surface area contributed by atoms with Crippen LogP contribution < -0.4 is 14.8 Å². The van der Waals surface area contributed by atoms with Gasteiger partial charge in [-0.1, -0.05) is 18.2 Å². The summed E-state index contributed by atoms with van der Waals surface area (Å²) in [6.07, 6.45) is 0. The van der Waals surface area contributed by atoms with Crippen molar-refractivity contribution in [3.8, 4) is 11.6 Å². The van der Waals surface area contributed by atoms with E-state index in [1.165, 1.54) is 0 Å². The normalized spacial score (nSPS) is 11.7. The second kappa shape index (κ2) is 9.39. The topological polar surface area (TPSA) is 74.6 Å². The average molecular weight is 426 g/mol. The summed E-state index contributed by atoms with van der Waals surface area (Å²) < 4.78 is 18.7. The SMILES string of the molecule is COCc1ccc2c(c1)c(OC(C)(C)C(=O)NC(C)C)nn2Cc1cccc(OC)c1. The van der Waals surface area contributed by atoms with Gasteiger partial charge in [-0.2, -0.15) is 0 Å². The van der Waals surface area contributed by atoms with Gasteiger partial charge in [0.15, 0.2) is 5.60 Å². The molecule has 0 radical (unpaired) electrons. The molecule has 0 aliphatic carbocycles. The summed E-state index contributed by atoms with van der Waals surface area (Å²) in [7, 11) is 3.31. The highest BCUT2D eigenvalue weighted by Gasteiger charge is 2.32. The number of methoxy groups -OCH3 is 2. The van der Waals surface area contributed by atoms with E-state index in [1.54, 1.807) is 28.1 Å². The van der Waals surface area contributed by atoms with Gasteiger partial charge in [0.25, 0.3) is 5.91 Å². The fraction of sp³-hybridized carbons (Fsp3) is 0.417. The largest absolute Gasteiger partial charge is 0.497 e. The van der Waals surface area contributed by atoms with Crippen molar-refractivity contribution in [3.05, 3.63) is 53.6 Å². The van der Waals surface area contributed by atoms with E-state index in [-0.39, 0.29) is 11.9 Å². The fourth-order valence-corrected chi connectivity index (χ4v) is 3.32. The fourth-order valence-electron chi connectivity index (χ4n) is 3.32. The molecule has 0 fully saturated rings. The Labute approximate surface area is 183 Å². The van der Waals surface area contributed by atoms with Gasteiger partial charge in [-0.3, -0.25) is 9.48 Å². The number of amides is 1. The van der Waals surface area contributed by atoms with Crippen LogP contribution in [-0.2, 0) is 22.7 Å². The zero-order valence-electron chi connectivity index (χ0n) is 19.1. The summed E-state index contributed by atoms with van der Waals surface area (Å²) in [5, 5.41) is 8.47. The van der Waals surface area contributed by atoms with Crippen molar-refractivity contribution in [1.82, 2.24) is 15.1 Å². The van der Waals surface area contributed by atoms with E-state index < -0.39 is 5.60 Å². The number of nitrogens with one attached hydrogen (secondary N) is 1. The molecule has 2 aromatic carbocycles. The van der Waals surface area contributed by atoms with Crippen molar-refractivity contribution in [2.75, 3.05) is 14.2 Å². The second-order valence-electron chi connectivity index (χ2n) is 8.34. The second-order valence-corrected chi connectivity index (χ2v) is 8.34. The molecule has 166 valence electrons. The van der Waals surface area contributed by atoms with Gasteiger partial charge >= 0.3 is 0 Å². The lowest BCUT2D eigenvalue weighted by Crippen LogP contribution is -2.48. The quantitative estimate of drug-likeness (QED) is 0.562. The van der Waals surface area contributed by atoms with Crippen LogP contribution in [0, 0.1) is 0 Å². The van der Waals surface area contributed by atoms with Crippen LogP contribution in [0.2, 0.25) is 0 Å². The van der Waals surface area contributed by atoms with Crippen LogP contribution in [0.5, 0.6) is 11.6 Å². The predicted molar refractivity (Wildman–Crippen MR) is 121 cm³/mol. The molecule has 0 aliphatic rings. The Hall–Kier alpha value is -3.06. The number of fused-ring (bicyclic) bond motifs is 1. The highest BCUT2D eigenvalue weighted by molar-refractivity contribution is 5.88. The molecule has 7 heteroatoms. The first-order chi connectivity index (χ1) is 14.7. The zero-order chi connectivity index (χ0) is 22.6. The van der Waals surface area contributed by atoms with Crippen molar-refractivity contribution in [1.29, 1.82) is 0 Å². The van der Waals surface area contributed by atoms with Gasteiger partial charge in [0.2, 0.25) is 5.88 Å². The minimum atomic E-state index is -1.08. The Bertz CT molecular complexity index is 1060. The van der Waals surface area contributed by atoms with E-state index in [4.69, 9.17) is 19.3 Å². The van der Waals surface area contributed by atoms with Gasteiger partial charge in [0, 0.05) is 13.2 Å². The molecule has 0 unspecified atom stereocenters. The molecule has 31 heavy (non-hydrogen) atoms. The van der Waals surface area contributed by atoms with Gasteiger partial charge in [-0.15, -0.1) is 5.10 Å². The van der Waals surface area contributed by atoms with Crippen LogP contribution in [0.3, 0.4) is 0 Å². The number of rotatable bonds is 9. The Morgan fingerprint density at radius 1 is 1.13 bits per heavy atom. The first-order valence-electron chi connectivity index (χ1n) is 10.3. The van der Waals surface area contributed by atoms with Crippen LogP contribution in [0.1, 0.15) is 38.8 Å². The number of carbonyl (C=O) groups excluding carboxylic acids is 1. The Balaban J connectivity index is 2.01. The third-order valence-corrected chi connectivity index (χ3v) is 4.88. The van der Waals surface area contributed by atoms with Crippen molar-refractivity contribution >= 4 is 16.8 Å². The van der Waals surface area contributed by atoms with Gasteiger partial charge < -0.3 is 19.5 Å². The predicted octanol–water partition coefficient (Wildman–Crippen LogP) is 3.92. The lowest BCUT2D eigenvalue weighted by Gasteiger charge is -2.25. The van der Waals surface area contributed by atoms with Crippen molar-refractivity contribution in [3.63, 3.8) is 0 Å². The number of hydrogen-bond acceptors (Lipinski definition) is 5. The molecule has 0 saturated carbocycles. The first-order valence-corrected chi connectivity index (χ1v) is 10.3. The summed E-state index contributed by atoms with van der Waals surface area (Å²) in [5.74, 6) is 1.02. The maximum Gasteiger partial charge on any atom is 0.263 e. The van der Waals surface area contributed by atoms with E-state index in [2.05, 4.69) is 5.32 Å². The summed E-state index contributed by atoms with van der Waals surface area (Å²) >= 11 is 0. The van der Waals surface area contributed by atoms with Crippen molar-refractivity contribution < 1.29 is 19.0 Å². The number of hydrogen-bond donors (Lipinski definition) is 1. The number of aromatic nitrogens is 2. The minimum absolute atomic E-state index is 0.0195. The molecule has 0 spiro atoms. The molecule has 0 atom stereocenters. The lowest BCUT2D eigenvalue weighted by molar-refractivity contribution is -0.134. The maximum atomic E-state index is 12.6. The monoisotopic (exact) mass is 425 g/mol. The summed E-state index contributed by atoms with van der Waals surface area (Å²) in [6.45, 7) is 8.35. The zero-order valence-corrected chi connectivity index (χ0v) is 19.1. The summed E-state index contributed by atoms with van der Waals surface area (Å²) in [4.78, 5) is 12.6. The van der Waals surface area contributed by atoms with Gasteiger partial charge in [0.05, 0.1) is 31.2 Å². The lowest BCUT2D eigenvalue weighted by atomic mass is 10.1. The van der Waals surface area contributed by atoms with E-state index in [1.807, 2.05) is 61.0 Å². The standard InChI is InChI=1S/C24H31N3O4/c1-16(2)25-23(28)24(3,4)31-22-20-13-18(15-29-5)10-11-21(20)27(26-22)14-17-8-7-9-19(12-17)30-6/h7-13,16H,14-15H2,1-6H3,(H,25,28). The van der Waals surface area contributed by atoms with Crippen molar-refractivity contribution in [2.24, 2.45) is 0 Å². The van der Waals surface area contributed by atoms with Crippen LogP contribution in [0.15, 0.2) is 42.5 Å². The van der Waals surface area contributed by atoms with Crippen LogP contribution in [-0.4, -0.2) is 41.6 Å². The summed E-state index contributed by atoms with van der Waals surface area (Å²) in [5.41, 5.74) is 1.89. The number of ether oxygens (including phenoxy) is 3. The van der Waals surface area contributed by atoms with E-state index in [0.29, 0.717) is 19.0 Å². The van der Waals surface area contributed by atoms with Gasteiger partial charge in [-0.05, 0) is 63.1 Å². The Kier molecular flexibility index (Phi) is 6.85. The van der Waals surface area contributed by atoms with Gasteiger partial charge in [-0.25, -0.2) is 0 Å². The smallest absolute Gasteiger partial charge is 0.263 e. The molecule has 3 rings (SSSR count).